The zero-order valence-corrected chi connectivity index (χ0v) is 25.1. The molecule has 0 spiro atoms. The molecule has 0 aliphatic carbocycles. The summed E-state index contributed by atoms with van der Waals surface area (Å²) >= 11 is 5.82. The van der Waals surface area contributed by atoms with Crippen LogP contribution in [0.15, 0.2) is 29.2 Å². The Kier molecular flexibility index (Phi) is 12.3. The van der Waals surface area contributed by atoms with E-state index in [0.29, 0.717) is 11.6 Å². The Morgan fingerprint density at radius 3 is 2.15 bits per heavy atom. The number of nitrogens with one attached hydrogen (secondary N) is 1. The molecule has 2 aliphatic rings. The molecule has 9 nitrogen and oxygen atoms in total. The van der Waals surface area contributed by atoms with Crippen LogP contribution in [-0.2, 0) is 33.7 Å². The number of ether oxygens (including phenoxy) is 5. The van der Waals surface area contributed by atoms with Gasteiger partial charge in [-0.3, -0.25) is 0 Å². The number of hydrogen-bond acceptors (Lipinski definition) is 8. The van der Waals surface area contributed by atoms with Gasteiger partial charge in [0.25, 0.3) is 10.0 Å². The number of hydrogen-bond donors (Lipinski definition) is 1. The Morgan fingerprint density at radius 1 is 0.974 bits per heavy atom. The van der Waals surface area contributed by atoms with E-state index in [1.54, 1.807) is 20.8 Å². The lowest BCUT2D eigenvalue weighted by molar-refractivity contribution is -0.241. The van der Waals surface area contributed by atoms with Crippen molar-refractivity contribution < 1.29 is 36.9 Å². The zero-order chi connectivity index (χ0) is 28.5. The van der Waals surface area contributed by atoms with Gasteiger partial charge in [0.2, 0.25) is 0 Å². The predicted molar refractivity (Wildman–Crippen MR) is 148 cm³/mol. The second kappa shape index (κ2) is 15.0. The third kappa shape index (κ3) is 9.86. The molecule has 1 aromatic rings. The highest BCUT2D eigenvalue weighted by Crippen LogP contribution is 2.40. The van der Waals surface area contributed by atoms with Crippen LogP contribution >= 0.6 is 11.6 Å². The summed E-state index contributed by atoms with van der Waals surface area (Å²) in [6.45, 7) is 7.99. The predicted octanol–water partition coefficient (Wildman–Crippen LogP) is 6.33. The summed E-state index contributed by atoms with van der Waals surface area (Å²) in [5.74, 6) is -0.851. The molecule has 0 unspecified atom stereocenters. The number of sulfonamides is 1. The Bertz CT molecular complexity index is 1000. The first-order valence-electron chi connectivity index (χ1n) is 14.1. The molecule has 222 valence electrons. The van der Waals surface area contributed by atoms with Gasteiger partial charge in [-0.2, -0.15) is 0 Å². The Labute approximate surface area is 238 Å². The highest BCUT2D eigenvalue weighted by Gasteiger charge is 2.57. The summed E-state index contributed by atoms with van der Waals surface area (Å²) in [4.78, 5) is 12.3. The maximum Gasteiger partial charge on any atom is 0.421 e. The van der Waals surface area contributed by atoms with Gasteiger partial charge >= 0.3 is 6.09 Å². The van der Waals surface area contributed by atoms with Gasteiger partial charge in [0.05, 0.1) is 4.90 Å². The molecule has 1 N–H and O–H groups in total. The van der Waals surface area contributed by atoms with Crippen LogP contribution < -0.4 is 4.72 Å². The quantitative estimate of drug-likeness (QED) is 0.223. The number of benzene rings is 1. The first-order chi connectivity index (χ1) is 18.5. The van der Waals surface area contributed by atoms with E-state index in [1.807, 2.05) is 4.72 Å². The molecule has 0 saturated carbocycles. The summed E-state index contributed by atoms with van der Waals surface area (Å²) in [6, 6.07) is 5.44. The first kappa shape index (κ1) is 32.1. The van der Waals surface area contributed by atoms with Crippen LogP contribution in [-0.4, -0.2) is 57.6 Å². The van der Waals surface area contributed by atoms with E-state index in [1.165, 1.54) is 75.6 Å². The summed E-state index contributed by atoms with van der Waals surface area (Å²) in [6.07, 6.45) is 7.97. The molecule has 11 heteroatoms. The van der Waals surface area contributed by atoms with Gasteiger partial charge in [-0.25, -0.2) is 17.9 Å². The maximum atomic E-state index is 12.5. The minimum absolute atomic E-state index is 0.108. The molecule has 1 aromatic carbocycles. The van der Waals surface area contributed by atoms with Crippen LogP contribution in [0, 0.1) is 0 Å². The number of rotatable bonds is 16. The van der Waals surface area contributed by atoms with Crippen LogP contribution in [0.25, 0.3) is 0 Å². The van der Waals surface area contributed by atoms with Crippen LogP contribution in [0.5, 0.6) is 0 Å². The fourth-order valence-corrected chi connectivity index (χ4v) is 5.94. The van der Waals surface area contributed by atoms with Crippen molar-refractivity contribution >= 4 is 27.7 Å². The van der Waals surface area contributed by atoms with Crippen LogP contribution in [0.4, 0.5) is 4.79 Å². The van der Waals surface area contributed by atoms with Crippen LogP contribution in [0.2, 0.25) is 5.02 Å². The van der Waals surface area contributed by atoms with Gasteiger partial charge in [0.15, 0.2) is 12.1 Å². The van der Waals surface area contributed by atoms with E-state index in [2.05, 4.69) is 6.92 Å². The van der Waals surface area contributed by atoms with Crippen molar-refractivity contribution in [1.82, 2.24) is 4.72 Å². The molecule has 0 bridgehead atoms. The van der Waals surface area contributed by atoms with Crippen molar-refractivity contribution in [3.8, 4) is 0 Å². The second-order valence-electron chi connectivity index (χ2n) is 10.8. The topological polar surface area (TPSA) is 109 Å². The Morgan fingerprint density at radius 2 is 1.54 bits per heavy atom. The molecular formula is C28H44ClNO8S. The highest BCUT2D eigenvalue weighted by molar-refractivity contribution is 7.90. The maximum absolute atomic E-state index is 12.5. The summed E-state index contributed by atoms with van der Waals surface area (Å²) in [7, 11) is -4.13. The minimum atomic E-state index is -4.13. The third-order valence-electron chi connectivity index (χ3n) is 6.92. The van der Waals surface area contributed by atoms with E-state index >= 15 is 0 Å². The number of fused-ring (bicyclic) bond motifs is 1. The number of unbranched alkanes of at least 4 members (excludes halogenated alkanes) is 9. The molecule has 2 fully saturated rings. The molecule has 2 saturated heterocycles. The fourth-order valence-electron chi connectivity index (χ4n) is 4.93. The van der Waals surface area contributed by atoms with Gasteiger partial charge in [0, 0.05) is 11.6 Å². The SMILES string of the molecule is CCCCCCCCCCCCO[C@H]1O[C@H]([C@@H](C)OC(=O)NS(=O)(=O)c2ccc(Cl)cc2)[C@@H]2OC(C)(C)O[C@H]12. The smallest absolute Gasteiger partial charge is 0.421 e. The average Bonchev–Trinajstić information content (AvgIpc) is 3.35. The molecule has 0 radical (unpaired) electrons. The van der Waals surface area contributed by atoms with Gasteiger partial charge in [-0.1, -0.05) is 76.3 Å². The van der Waals surface area contributed by atoms with Crippen molar-refractivity contribution in [2.24, 2.45) is 0 Å². The van der Waals surface area contributed by atoms with Crippen LogP contribution in [0.3, 0.4) is 0 Å². The van der Waals surface area contributed by atoms with E-state index in [0.717, 1.165) is 12.8 Å². The van der Waals surface area contributed by atoms with Gasteiger partial charge in [-0.05, 0) is 51.5 Å². The Hall–Kier alpha value is -1.43. The molecule has 5 atom stereocenters. The summed E-state index contributed by atoms with van der Waals surface area (Å²) in [5, 5.41) is 0.379. The van der Waals surface area contributed by atoms with E-state index < -0.39 is 52.6 Å². The molecule has 1 amide bonds. The molecule has 3 rings (SSSR count). The Balaban J connectivity index is 1.44. The third-order valence-corrected chi connectivity index (χ3v) is 8.50. The number of carbonyl (C=O) groups is 1. The van der Waals surface area contributed by atoms with Crippen molar-refractivity contribution in [3.05, 3.63) is 29.3 Å². The molecule has 39 heavy (non-hydrogen) atoms. The number of carbonyl (C=O) groups excluding carboxylic acids is 1. The number of halogens is 1. The molecule has 2 aliphatic heterocycles. The standard InChI is InChI=1S/C28H44ClNO8S/c1-5-6-7-8-9-10-11-12-13-14-19-34-26-25-24(37-28(3,4)38-25)23(36-26)20(2)35-27(31)30-39(32,33)22-17-15-21(29)16-18-22/h15-18,20,23-26H,5-14,19H2,1-4H3,(H,30,31)/t20-,23-,24+,25+,26+/m1/s1. The van der Waals surface area contributed by atoms with Crippen molar-refractivity contribution in [3.63, 3.8) is 0 Å². The lowest BCUT2D eigenvalue weighted by Crippen LogP contribution is -2.42. The van der Waals surface area contributed by atoms with Gasteiger partial charge in [-0.15, -0.1) is 0 Å². The molecular weight excluding hydrogens is 546 g/mol. The van der Waals surface area contributed by atoms with E-state index in [9.17, 15) is 13.2 Å². The fraction of sp³-hybridized carbons (Fsp3) is 0.750. The molecule has 2 heterocycles. The summed E-state index contributed by atoms with van der Waals surface area (Å²) < 4.78 is 56.5. The van der Waals surface area contributed by atoms with Crippen molar-refractivity contribution in [1.29, 1.82) is 0 Å². The van der Waals surface area contributed by atoms with Crippen molar-refractivity contribution in [2.45, 2.75) is 133 Å². The largest absolute Gasteiger partial charge is 0.443 e. The van der Waals surface area contributed by atoms with Crippen molar-refractivity contribution in [2.75, 3.05) is 6.61 Å². The normalized spacial score (nSPS) is 24.8. The van der Waals surface area contributed by atoms with Gasteiger partial charge in [0.1, 0.15) is 24.4 Å². The van der Waals surface area contributed by atoms with Gasteiger partial charge < -0.3 is 23.7 Å². The molecule has 0 aromatic heterocycles. The average molecular weight is 590 g/mol. The summed E-state index contributed by atoms with van der Waals surface area (Å²) in [5.41, 5.74) is 0. The van der Waals surface area contributed by atoms with E-state index in [4.69, 9.17) is 35.3 Å². The monoisotopic (exact) mass is 589 g/mol. The first-order valence-corrected chi connectivity index (χ1v) is 16.0. The lowest BCUT2D eigenvalue weighted by Gasteiger charge is -2.27. The highest BCUT2D eigenvalue weighted by atomic mass is 35.5. The lowest BCUT2D eigenvalue weighted by atomic mass is 10.1. The number of amides is 1. The van der Waals surface area contributed by atoms with E-state index in [-0.39, 0.29) is 4.90 Å². The zero-order valence-electron chi connectivity index (χ0n) is 23.5. The van der Waals surface area contributed by atoms with Crippen LogP contribution in [0.1, 0.15) is 91.9 Å². The second-order valence-corrected chi connectivity index (χ2v) is 12.9. The minimum Gasteiger partial charge on any atom is -0.443 e.